The van der Waals surface area contributed by atoms with Crippen LogP contribution in [-0.4, -0.2) is 41.0 Å². The van der Waals surface area contributed by atoms with E-state index in [4.69, 9.17) is 10.5 Å². The summed E-state index contributed by atoms with van der Waals surface area (Å²) in [5, 5.41) is 12.3. The number of fused-ring (bicyclic) bond motifs is 3. The number of hydrogen-bond donors (Lipinski definition) is 2. The number of ether oxygens (including phenoxy) is 1. The first-order chi connectivity index (χ1) is 16.5. The van der Waals surface area contributed by atoms with E-state index in [-0.39, 0.29) is 18.2 Å². The second kappa shape index (κ2) is 9.34. The van der Waals surface area contributed by atoms with Crippen molar-refractivity contribution in [3.8, 4) is 0 Å². The highest BCUT2D eigenvalue weighted by Crippen LogP contribution is 2.36. The molecule has 2 saturated heterocycles. The van der Waals surface area contributed by atoms with Gasteiger partial charge in [0.2, 0.25) is 0 Å². The van der Waals surface area contributed by atoms with E-state index < -0.39 is 23.8 Å². The van der Waals surface area contributed by atoms with Crippen LogP contribution in [0, 0.1) is 11.7 Å². The molecule has 2 fully saturated rings. The molecule has 2 aliphatic rings. The van der Waals surface area contributed by atoms with Crippen LogP contribution in [0.25, 0.3) is 10.9 Å². The number of hydrogen-bond acceptors (Lipinski definition) is 7. The fourth-order valence-electron chi connectivity index (χ4n) is 5.00. The van der Waals surface area contributed by atoms with Gasteiger partial charge in [0.1, 0.15) is 11.5 Å². The number of pyridine rings is 1. The largest absolute Gasteiger partial charge is 0.379 e. The number of nitrogens with one attached hydrogen (secondary N) is 1. The Bertz CT molecular complexity index is 1190. The summed E-state index contributed by atoms with van der Waals surface area (Å²) in [5.41, 5.74) is 7.46. The minimum atomic E-state index is -2.89. The zero-order chi connectivity index (χ0) is 23.8. The normalized spacial score (nSPS) is 21.2. The number of halogens is 3. The van der Waals surface area contributed by atoms with Gasteiger partial charge in [0, 0.05) is 30.6 Å². The summed E-state index contributed by atoms with van der Waals surface area (Å²) >= 11 is 0. The summed E-state index contributed by atoms with van der Waals surface area (Å²) in [6, 6.07) is 5.66. The van der Waals surface area contributed by atoms with Crippen LogP contribution in [0.15, 0.2) is 30.5 Å². The molecule has 2 aliphatic heterocycles. The van der Waals surface area contributed by atoms with E-state index >= 15 is 0 Å². The van der Waals surface area contributed by atoms with Gasteiger partial charge in [-0.3, -0.25) is 4.98 Å². The fraction of sp³-hybridized carbons (Fsp3) is 0.458. The van der Waals surface area contributed by atoms with Gasteiger partial charge in [-0.25, -0.2) is 13.2 Å². The van der Waals surface area contributed by atoms with Crippen LogP contribution >= 0.6 is 0 Å². The molecule has 2 unspecified atom stereocenters. The van der Waals surface area contributed by atoms with E-state index in [1.54, 1.807) is 6.92 Å². The summed E-state index contributed by atoms with van der Waals surface area (Å²) in [5.74, 6) is 0.0557. The van der Waals surface area contributed by atoms with Gasteiger partial charge >= 0.3 is 0 Å². The van der Waals surface area contributed by atoms with Crippen LogP contribution in [0.5, 0.6) is 0 Å². The van der Waals surface area contributed by atoms with Crippen LogP contribution in [0.1, 0.15) is 49.1 Å². The average Bonchev–Trinajstić information content (AvgIpc) is 3.08. The zero-order valence-electron chi connectivity index (χ0n) is 18.8. The minimum Gasteiger partial charge on any atom is -0.379 e. The first-order valence-electron chi connectivity index (χ1n) is 11.5. The zero-order valence-corrected chi connectivity index (χ0v) is 18.8. The number of alkyl halides is 2. The number of anilines is 2. The maximum atomic E-state index is 14.7. The SMILES string of the molecule is C[C@@H](Nc1nnc(CN)c2ncc(N3CC4CCOCC3C4)cc12)c1cccc(C(F)F)c1F. The van der Waals surface area contributed by atoms with Crippen molar-refractivity contribution in [2.75, 3.05) is 30.0 Å². The third kappa shape index (κ3) is 4.16. The molecule has 0 saturated carbocycles. The summed E-state index contributed by atoms with van der Waals surface area (Å²) < 4.78 is 46.9. The molecule has 180 valence electrons. The predicted octanol–water partition coefficient (Wildman–Crippen LogP) is 4.35. The number of nitrogens with zero attached hydrogens (tertiary/aromatic N) is 4. The Morgan fingerprint density at radius 2 is 2.09 bits per heavy atom. The average molecular weight is 473 g/mol. The predicted molar refractivity (Wildman–Crippen MR) is 123 cm³/mol. The lowest BCUT2D eigenvalue weighted by Crippen LogP contribution is -2.34. The number of aromatic nitrogens is 3. The van der Waals surface area contributed by atoms with Gasteiger partial charge in [-0.15, -0.1) is 10.2 Å². The van der Waals surface area contributed by atoms with Crippen molar-refractivity contribution in [1.82, 2.24) is 15.2 Å². The molecule has 3 N–H and O–H groups in total. The molecule has 3 atom stereocenters. The second-order valence-corrected chi connectivity index (χ2v) is 8.98. The van der Waals surface area contributed by atoms with Gasteiger partial charge in [-0.2, -0.15) is 0 Å². The van der Waals surface area contributed by atoms with Crippen molar-refractivity contribution in [3.05, 3.63) is 53.1 Å². The molecule has 4 heterocycles. The molecule has 10 heteroatoms. The molecule has 0 spiro atoms. The second-order valence-electron chi connectivity index (χ2n) is 8.98. The molecule has 0 amide bonds. The lowest BCUT2D eigenvalue weighted by Gasteiger charge is -2.28. The minimum absolute atomic E-state index is 0.126. The van der Waals surface area contributed by atoms with Crippen molar-refractivity contribution in [2.45, 2.75) is 44.8 Å². The number of benzene rings is 1. The molecule has 2 aromatic heterocycles. The van der Waals surface area contributed by atoms with Crippen LogP contribution in [0.4, 0.5) is 24.7 Å². The first-order valence-corrected chi connectivity index (χ1v) is 11.5. The lowest BCUT2D eigenvalue weighted by molar-refractivity contribution is 0.125. The quantitative estimate of drug-likeness (QED) is 0.551. The summed E-state index contributed by atoms with van der Waals surface area (Å²) in [6.07, 6.45) is 1.06. The maximum absolute atomic E-state index is 14.7. The molecule has 0 radical (unpaired) electrons. The third-order valence-corrected chi connectivity index (χ3v) is 6.79. The molecule has 1 aromatic carbocycles. The van der Waals surface area contributed by atoms with E-state index in [9.17, 15) is 13.2 Å². The summed E-state index contributed by atoms with van der Waals surface area (Å²) in [6.45, 7) is 4.28. The highest BCUT2D eigenvalue weighted by Gasteiger charge is 2.34. The van der Waals surface area contributed by atoms with Crippen molar-refractivity contribution in [1.29, 1.82) is 0 Å². The molecular weight excluding hydrogens is 445 g/mol. The van der Waals surface area contributed by atoms with Crippen LogP contribution in [-0.2, 0) is 11.3 Å². The van der Waals surface area contributed by atoms with Crippen molar-refractivity contribution in [2.24, 2.45) is 11.7 Å². The topological polar surface area (TPSA) is 89.2 Å². The van der Waals surface area contributed by atoms with E-state index in [0.717, 1.165) is 37.7 Å². The van der Waals surface area contributed by atoms with Gasteiger partial charge in [-0.05, 0) is 31.7 Å². The van der Waals surface area contributed by atoms with Crippen molar-refractivity contribution in [3.63, 3.8) is 0 Å². The third-order valence-electron chi connectivity index (χ3n) is 6.79. The smallest absolute Gasteiger partial charge is 0.266 e. The molecule has 0 aliphatic carbocycles. The summed E-state index contributed by atoms with van der Waals surface area (Å²) in [7, 11) is 0. The Hall–Kier alpha value is -2.98. The van der Waals surface area contributed by atoms with E-state index in [1.165, 1.54) is 12.1 Å². The number of rotatable bonds is 6. The van der Waals surface area contributed by atoms with Gasteiger partial charge < -0.3 is 20.7 Å². The van der Waals surface area contributed by atoms with E-state index in [1.807, 2.05) is 12.3 Å². The highest BCUT2D eigenvalue weighted by atomic mass is 19.3. The van der Waals surface area contributed by atoms with Gasteiger partial charge in [-0.1, -0.05) is 18.2 Å². The number of nitrogens with two attached hydrogens (primary N) is 1. The van der Waals surface area contributed by atoms with Gasteiger partial charge in [0.05, 0.1) is 41.7 Å². The Morgan fingerprint density at radius 1 is 1.26 bits per heavy atom. The van der Waals surface area contributed by atoms with Gasteiger partial charge in [0.15, 0.2) is 5.82 Å². The van der Waals surface area contributed by atoms with Crippen LogP contribution in [0.2, 0.25) is 0 Å². The molecule has 5 rings (SSSR count). The standard InChI is InChI=1S/C24H27F3N6O/c1-13(17-3-2-4-18(21(17)25)23(26)27)30-24-19-8-15(10-29-22(19)20(9-28)31-32-24)33-11-14-5-6-34-12-16(33)7-14/h2-4,8,10,13-14,16,23H,5-7,9,11-12,28H2,1H3,(H,30,32)/t13-,14?,16?/m1/s1. The van der Waals surface area contributed by atoms with Crippen LogP contribution in [0.3, 0.4) is 0 Å². The molecule has 34 heavy (non-hydrogen) atoms. The maximum Gasteiger partial charge on any atom is 0.266 e. The lowest BCUT2D eigenvalue weighted by atomic mass is 10.0. The van der Waals surface area contributed by atoms with Gasteiger partial charge in [0.25, 0.3) is 6.43 Å². The van der Waals surface area contributed by atoms with Crippen molar-refractivity contribution < 1.29 is 17.9 Å². The van der Waals surface area contributed by atoms with Crippen molar-refractivity contribution >= 4 is 22.4 Å². The monoisotopic (exact) mass is 472 g/mol. The molecule has 2 bridgehead atoms. The Kier molecular flexibility index (Phi) is 6.26. The molecule has 7 nitrogen and oxygen atoms in total. The Morgan fingerprint density at radius 3 is 2.88 bits per heavy atom. The summed E-state index contributed by atoms with van der Waals surface area (Å²) in [4.78, 5) is 6.97. The van der Waals surface area contributed by atoms with E-state index in [0.29, 0.717) is 34.9 Å². The first kappa shape index (κ1) is 22.8. The fourth-order valence-corrected chi connectivity index (χ4v) is 5.00. The molecular formula is C24H27F3N6O. The van der Waals surface area contributed by atoms with Crippen LogP contribution < -0.4 is 16.0 Å². The molecule has 3 aromatic rings. The Labute approximate surface area is 195 Å². The van der Waals surface area contributed by atoms with E-state index in [2.05, 4.69) is 25.4 Å². The Balaban J connectivity index is 1.51. The highest BCUT2D eigenvalue weighted by molar-refractivity contribution is 5.92.